The van der Waals surface area contributed by atoms with Crippen molar-refractivity contribution in [3.63, 3.8) is 0 Å². The van der Waals surface area contributed by atoms with E-state index < -0.39 is 23.7 Å². The summed E-state index contributed by atoms with van der Waals surface area (Å²) in [6, 6.07) is 7.65. The second-order valence-electron chi connectivity index (χ2n) is 3.29. The Hall–Kier alpha value is -1.46. The fourth-order valence-corrected chi connectivity index (χ4v) is 1.32. The minimum Gasteiger partial charge on any atom is -0.389 e. The SMILES string of the molecule is O=[N+]([O-])[C@H](CO)[C@H](O)Cc1ccccc1. The lowest BCUT2D eigenvalue weighted by Gasteiger charge is -2.13. The largest absolute Gasteiger partial charge is 0.389 e. The van der Waals surface area contributed by atoms with Gasteiger partial charge in [-0.1, -0.05) is 30.3 Å². The predicted molar refractivity (Wildman–Crippen MR) is 54.0 cm³/mol. The molecular weight excluding hydrogens is 198 g/mol. The van der Waals surface area contributed by atoms with Crippen LogP contribution in [0.4, 0.5) is 0 Å². The Morgan fingerprint density at radius 2 is 1.93 bits per heavy atom. The summed E-state index contributed by atoms with van der Waals surface area (Å²) in [5.41, 5.74) is 0.810. The first-order valence-electron chi connectivity index (χ1n) is 4.61. The van der Waals surface area contributed by atoms with Gasteiger partial charge in [-0.25, -0.2) is 0 Å². The molecule has 0 aliphatic carbocycles. The molecule has 0 aliphatic rings. The highest BCUT2D eigenvalue weighted by Gasteiger charge is 2.28. The molecule has 0 fully saturated rings. The van der Waals surface area contributed by atoms with E-state index >= 15 is 0 Å². The van der Waals surface area contributed by atoms with E-state index in [0.29, 0.717) is 0 Å². The van der Waals surface area contributed by atoms with Gasteiger partial charge in [0.05, 0.1) is 0 Å². The van der Waals surface area contributed by atoms with Gasteiger partial charge in [-0.3, -0.25) is 10.1 Å². The fourth-order valence-electron chi connectivity index (χ4n) is 1.32. The molecule has 1 rings (SSSR count). The maximum absolute atomic E-state index is 10.4. The van der Waals surface area contributed by atoms with Crippen LogP contribution >= 0.6 is 0 Å². The second-order valence-corrected chi connectivity index (χ2v) is 3.29. The molecule has 5 heteroatoms. The van der Waals surface area contributed by atoms with Crippen LogP contribution < -0.4 is 0 Å². The minimum atomic E-state index is -1.31. The summed E-state index contributed by atoms with van der Waals surface area (Å²) < 4.78 is 0. The van der Waals surface area contributed by atoms with Crippen LogP contribution in [0.3, 0.4) is 0 Å². The number of rotatable bonds is 5. The molecule has 2 atom stereocenters. The molecule has 0 aromatic heterocycles. The van der Waals surface area contributed by atoms with Crippen LogP contribution in [0.15, 0.2) is 30.3 Å². The first-order valence-corrected chi connectivity index (χ1v) is 4.61. The third-order valence-electron chi connectivity index (χ3n) is 2.19. The van der Waals surface area contributed by atoms with Crippen LogP contribution in [0.1, 0.15) is 5.56 Å². The zero-order valence-electron chi connectivity index (χ0n) is 8.11. The summed E-state index contributed by atoms with van der Waals surface area (Å²) in [5, 5.41) is 28.7. The molecule has 82 valence electrons. The molecule has 0 radical (unpaired) electrons. The Labute approximate surface area is 87.1 Å². The van der Waals surface area contributed by atoms with Crippen molar-refractivity contribution >= 4 is 0 Å². The van der Waals surface area contributed by atoms with E-state index in [1.165, 1.54) is 0 Å². The normalized spacial score (nSPS) is 14.5. The highest BCUT2D eigenvalue weighted by Crippen LogP contribution is 2.07. The van der Waals surface area contributed by atoms with Crippen molar-refractivity contribution in [2.45, 2.75) is 18.6 Å². The quantitative estimate of drug-likeness (QED) is 0.539. The maximum atomic E-state index is 10.4. The van der Waals surface area contributed by atoms with Gasteiger partial charge in [0.25, 0.3) is 6.04 Å². The zero-order valence-corrected chi connectivity index (χ0v) is 8.11. The van der Waals surface area contributed by atoms with Crippen LogP contribution in [-0.4, -0.2) is 33.9 Å². The Bertz CT molecular complexity index is 314. The molecule has 0 aliphatic heterocycles. The van der Waals surface area contributed by atoms with Crippen molar-refractivity contribution in [2.24, 2.45) is 0 Å². The molecule has 1 aromatic carbocycles. The van der Waals surface area contributed by atoms with Gasteiger partial charge in [0.1, 0.15) is 12.7 Å². The summed E-state index contributed by atoms with van der Waals surface area (Å²) in [6.45, 7) is -0.652. The summed E-state index contributed by atoms with van der Waals surface area (Å²) in [6.07, 6.45) is -0.986. The van der Waals surface area contributed by atoms with Gasteiger partial charge in [-0.2, -0.15) is 0 Å². The first kappa shape index (κ1) is 11.6. The molecule has 0 heterocycles. The lowest BCUT2D eigenvalue weighted by atomic mass is 10.0. The summed E-state index contributed by atoms with van der Waals surface area (Å²) in [5.74, 6) is 0. The smallest absolute Gasteiger partial charge is 0.261 e. The number of aliphatic hydroxyl groups is 2. The monoisotopic (exact) mass is 211 g/mol. The van der Waals surface area contributed by atoms with E-state index in [9.17, 15) is 15.2 Å². The van der Waals surface area contributed by atoms with E-state index in [0.717, 1.165) is 5.56 Å². The van der Waals surface area contributed by atoms with Crippen LogP contribution in [0.25, 0.3) is 0 Å². The number of benzene rings is 1. The van der Waals surface area contributed by atoms with Gasteiger partial charge in [-0.15, -0.1) is 0 Å². The summed E-state index contributed by atoms with van der Waals surface area (Å²) in [4.78, 5) is 9.79. The molecule has 15 heavy (non-hydrogen) atoms. The van der Waals surface area contributed by atoms with Crippen LogP contribution in [0.2, 0.25) is 0 Å². The first-order chi connectivity index (χ1) is 7.15. The second kappa shape index (κ2) is 5.43. The Morgan fingerprint density at radius 3 is 2.40 bits per heavy atom. The van der Waals surface area contributed by atoms with E-state index in [2.05, 4.69) is 0 Å². The molecule has 0 bridgehead atoms. The molecule has 2 N–H and O–H groups in total. The highest BCUT2D eigenvalue weighted by atomic mass is 16.6. The lowest BCUT2D eigenvalue weighted by molar-refractivity contribution is -0.537. The highest BCUT2D eigenvalue weighted by molar-refractivity contribution is 5.15. The minimum absolute atomic E-state index is 0.174. The third kappa shape index (κ3) is 3.30. The van der Waals surface area contributed by atoms with Crippen molar-refractivity contribution in [3.05, 3.63) is 46.0 Å². The van der Waals surface area contributed by atoms with Gasteiger partial charge in [0, 0.05) is 11.3 Å². The molecular formula is C10H13NO4. The van der Waals surface area contributed by atoms with Crippen LogP contribution in [0.5, 0.6) is 0 Å². The lowest BCUT2D eigenvalue weighted by Crippen LogP contribution is -2.38. The molecule has 0 unspecified atom stereocenters. The van der Waals surface area contributed by atoms with Gasteiger partial charge in [0.15, 0.2) is 0 Å². The average Bonchev–Trinajstić information content (AvgIpc) is 2.19. The molecule has 0 amide bonds. The molecule has 1 aromatic rings. The molecule has 5 nitrogen and oxygen atoms in total. The number of hydrogen-bond acceptors (Lipinski definition) is 4. The molecule has 0 saturated carbocycles. The summed E-state index contributed by atoms with van der Waals surface area (Å²) >= 11 is 0. The van der Waals surface area contributed by atoms with Crippen LogP contribution in [-0.2, 0) is 6.42 Å². The van der Waals surface area contributed by atoms with E-state index in [4.69, 9.17) is 5.11 Å². The van der Waals surface area contributed by atoms with E-state index in [1.54, 1.807) is 24.3 Å². The van der Waals surface area contributed by atoms with Gasteiger partial charge in [-0.05, 0) is 5.56 Å². The van der Waals surface area contributed by atoms with Gasteiger partial charge < -0.3 is 10.2 Å². The predicted octanol–water partition coefficient (Wildman–Crippen LogP) is 0.228. The Balaban J connectivity index is 2.62. The summed E-state index contributed by atoms with van der Waals surface area (Å²) in [7, 11) is 0. The zero-order chi connectivity index (χ0) is 11.3. The van der Waals surface area contributed by atoms with Gasteiger partial charge >= 0.3 is 0 Å². The Morgan fingerprint density at radius 1 is 1.33 bits per heavy atom. The third-order valence-corrected chi connectivity index (χ3v) is 2.19. The van der Waals surface area contributed by atoms with Crippen molar-refractivity contribution < 1.29 is 15.1 Å². The standard InChI is InChI=1S/C10H13NO4/c12-7-9(11(14)15)10(13)6-8-4-2-1-3-5-8/h1-5,9-10,12-13H,6-7H2/t9-,10-/m1/s1. The molecule has 0 saturated heterocycles. The molecule has 0 spiro atoms. The number of aliphatic hydroxyl groups excluding tert-OH is 2. The fraction of sp³-hybridized carbons (Fsp3) is 0.400. The number of nitrogens with zero attached hydrogens (tertiary/aromatic N) is 1. The Kier molecular flexibility index (Phi) is 4.20. The average molecular weight is 211 g/mol. The number of hydrogen-bond donors (Lipinski definition) is 2. The van der Waals surface area contributed by atoms with Crippen molar-refractivity contribution in [1.82, 2.24) is 0 Å². The van der Waals surface area contributed by atoms with E-state index in [1.807, 2.05) is 6.07 Å². The maximum Gasteiger partial charge on any atom is 0.261 e. The van der Waals surface area contributed by atoms with Crippen molar-refractivity contribution in [1.29, 1.82) is 0 Å². The van der Waals surface area contributed by atoms with Crippen molar-refractivity contribution in [3.8, 4) is 0 Å². The van der Waals surface area contributed by atoms with Crippen molar-refractivity contribution in [2.75, 3.05) is 6.61 Å². The van der Waals surface area contributed by atoms with Crippen LogP contribution in [0, 0.1) is 10.1 Å². The van der Waals surface area contributed by atoms with Gasteiger partial charge in [0.2, 0.25) is 0 Å². The van der Waals surface area contributed by atoms with E-state index in [-0.39, 0.29) is 6.42 Å². The number of nitro groups is 1. The topological polar surface area (TPSA) is 83.6 Å².